The first kappa shape index (κ1) is 15.0. The summed E-state index contributed by atoms with van der Waals surface area (Å²) in [6.45, 7) is 3.54. The highest BCUT2D eigenvalue weighted by Crippen LogP contribution is 2.38. The molecule has 0 unspecified atom stereocenters. The lowest BCUT2D eigenvalue weighted by Crippen LogP contribution is -2.05. The number of nitrogens with zero attached hydrogens (tertiary/aromatic N) is 3. The lowest BCUT2D eigenvalue weighted by Gasteiger charge is -2.11. The van der Waals surface area contributed by atoms with Crippen molar-refractivity contribution in [2.24, 2.45) is 0 Å². The second-order valence-electron chi connectivity index (χ2n) is 4.26. The lowest BCUT2D eigenvalue weighted by atomic mass is 10.3. The van der Waals surface area contributed by atoms with Crippen LogP contribution in [0.25, 0.3) is 0 Å². The summed E-state index contributed by atoms with van der Waals surface area (Å²) in [5, 5.41) is 11.2. The molecule has 2 aromatic rings. The molecule has 2 N–H and O–H groups in total. The minimum Gasteiger partial charge on any atom is -0.430 e. The van der Waals surface area contributed by atoms with Gasteiger partial charge in [0.25, 0.3) is 0 Å². The SMILES string of the molecule is CCc1nc(N)c(C)c(Oc2c(Cl)cccc2[N+](=O)[O-])n1. The molecule has 0 aliphatic rings. The number of nitrogen functional groups attached to an aromatic ring is 1. The number of anilines is 1. The molecule has 110 valence electrons. The Kier molecular flexibility index (Phi) is 4.23. The van der Waals surface area contributed by atoms with Crippen molar-refractivity contribution in [1.29, 1.82) is 0 Å². The van der Waals surface area contributed by atoms with Gasteiger partial charge in [-0.1, -0.05) is 24.6 Å². The number of ether oxygens (including phenoxy) is 1. The first-order chi connectivity index (χ1) is 9.93. The van der Waals surface area contributed by atoms with Crippen LogP contribution < -0.4 is 10.5 Å². The summed E-state index contributed by atoms with van der Waals surface area (Å²) in [4.78, 5) is 18.8. The van der Waals surface area contributed by atoms with E-state index in [4.69, 9.17) is 22.1 Å². The smallest absolute Gasteiger partial charge is 0.313 e. The Morgan fingerprint density at radius 1 is 1.43 bits per heavy atom. The van der Waals surface area contributed by atoms with Crippen LogP contribution >= 0.6 is 11.6 Å². The highest BCUT2D eigenvalue weighted by atomic mass is 35.5. The Labute approximate surface area is 125 Å². The van der Waals surface area contributed by atoms with E-state index in [1.54, 1.807) is 6.92 Å². The predicted molar refractivity (Wildman–Crippen MR) is 78.7 cm³/mol. The number of benzene rings is 1. The van der Waals surface area contributed by atoms with Gasteiger partial charge in [-0.15, -0.1) is 0 Å². The van der Waals surface area contributed by atoms with E-state index in [2.05, 4.69) is 9.97 Å². The molecule has 0 atom stereocenters. The third-order valence-electron chi connectivity index (χ3n) is 2.84. The van der Waals surface area contributed by atoms with Crippen LogP contribution in [0, 0.1) is 17.0 Å². The Hall–Kier alpha value is -2.41. The molecule has 0 spiro atoms. The molecular weight excluding hydrogens is 296 g/mol. The van der Waals surface area contributed by atoms with Crippen molar-refractivity contribution in [2.75, 3.05) is 5.73 Å². The number of hydrogen-bond acceptors (Lipinski definition) is 6. The maximum absolute atomic E-state index is 11.0. The number of aryl methyl sites for hydroxylation is 1. The molecule has 2 rings (SSSR count). The minimum absolute atomic E-state index is 0.0626. The van der Waals surface area contributed by atoms with Crippen LogP contribution in [0.1, 0.15) is 18.3 Å². The summed E-state index contributed by atoms with van der Waals surface area (Å²) in [6, 6.07) is 4.29. The molecule has 0 bridgehead atoms. The van der Waals surface area contributed by atoms with Crippen LogP contribution in [0.5, 0.6) is 11.6 Å². The third kappa shape index (κ3) is 3.03. The fourth-order valence-electron chi connectivity index (χ4n) is 1.65. The van der Waals surface area contributed by atoms with Crippen LogP contribution in [0.15, 0.2) is 18.2 Å². The number of halogens is 1. The molecule has 0 saturated carbocycles. The van der Waals surface area contributed by atoms with E-state index < -0.39 is 4.92 Å². The van der Waals surface area contributed by atoms with Crippen LogP contribution in [-0.2, 0) is 6.42 Å². The van der Waals surface area contributed by atoms with Crippen molar-refractivity contribution < 1.29 is 9.66 Å². The Bertz CT molecular complexity index is 706. The van der Waals surface area contributed by atoms with Crippen LogP contribution in [0.4, 0.5) is 11.5 Å². The van der Waals surface area contributed by atoms with Crippen molar-refractivity contribution in [1.82, 2.24) is 9.97 Å². The third-order valence-corrected chi connectivity index (χ3v) is 3.14. The average Bonchev–Trinajstić information content (AvgIpc) is 2.45. The Morgan fingerprint density at radius 2 is 2.14 bits per heavy atom. The zero-order valence-electron chi connectivity index (χ0n) is 11.5. The maximum atomic E-state index is 11.0. The molecule has 0 saturated heterocycles. The highest BCUT2D eigenvalue weighted by Gasteiger charge is 2.21. The van der Waals surface area contributed by atoms with Crippen LogP contribution in [-0.4, -0.2) is 14.9 Å². The van der Waals surface area contributed by atoms with Gasteiger partial charge >= 0.3 is 5.69 Å². The second-order valence-corrected chi connectivity index (χ2v) is 4.66. The standard InChI is InChI=1S/C13H13ClN4O3/c1-3-10-16-12(15)7(2)13(17-10)21-11-8(14)5-4-6-9(11)18(19)20/h4-6H,3H2,1-2H3,(H2,15,16,17). The summed E-state index contributed by atoms with van der Waals surface area (Å²) in [5.41, 5.74) is 6.05. The molecule has 0 radical (unpaired) electrons. The van der Waals surface area contributed by atoms with Crippen LogP contribution in [0.2, 0.25) is 5.02 Å². The van der Waals surface area contributed by atoms with Gasteiger partial charge in [0.2, 0.25) is 11.6 Å². The van der Waals surface area contributed by atoms with E-state index in [9.17, 15) is 10.1 Å². The summed E-state index contributed by atoms with van der Waals surface area (Å²) >= 11 is 5.99. The maximum Gasteiger partial charge on any atom is 0.313 e. The van der Waals surface area contributed by atoms with Gasteiger partial charge in [0.1, 0.15) is 11.6 Å². The predicted octanol–water partition coefficient (Wildman–Crippen LogP) is 3.28. The largest absolute Gasteiger partial charge is 0.430 e. The van der Waals surface area contributed by atoms with Gasteiger partial charge in [-0.05, 0) is 13.0 Å². The number of nitro groups is 1. The molecule has 0 aliphatic heterocycles. The molecule has 0 amide bonds. The number of aromatic nitrogens is 2. The van der Waals surface area contributed by atoms with Crippen LogP contribution in [0.3, 0.4) is 0 Å². The molecule has 1 aromatic heterocycles. The first-order valence-electron chi connectivity index (χ1n) is 6.17. The van der Waals surface area contributed by atoms with Crippen molar-refractivity contribution in [3.05, 3.63) is 44.7 Å². The lowest BCUT2D eigenvalue weighted by molar-refractivity contribution is -0.385. The number of hydrogen-bond donors (Lipinski definition) is 1. The minimum atomic E-state index is -0.568. The molecule has 8 heteroatoms. The van der Waals surface area contributed by atoms with Gasteiger partial charge < -0.3 is 10.5 Å². The number of nitrogens with two attached hydrogens (primary N) is 1. The van der Waals surface area contributed by atoms with Gasteiger partial charge in [0.15, 0.2) is 0 Å². The van der Waals surface area contributed by atoms with Gasteiger partial charge in [0, 0.05) is 12.5 Å². The Morgan fingerprint density at radius 3 is 2.76 bits per heavy atom. The molecule has 21 heavy (non-hydrogen) atoms. The molecule has 7 nitrogen and oxygen atoms in total. The van der Waals surface area contributed by atoms with Crippen molar-refractivity contribution in [3.8, 4) is 11.6 Å². The topological polar surface area (TPSA) is 104 Å². The molecule has 1 heterocycles. The van der Waals surface area contributed by atoms with Gasteiger partial charge in [-0.2, -0.15) is 4.98 Å². The fraction of sp³-hybridized carbons (Fsp3) is 0.231. The summed E-state index contributed by atoms with van der Waals surface area (Å²) < 4.78 is 5.55. The molecular formula is C13H13ClN4O3. The quantitative estimate of drug-likeness (QED) is 0.686. The highest BCUT2D eigenvalue weighted by molar-refractivity contribution is 6.32. The fourth-order valence-corrected chi connectivity index (χ4v) is 1.86. The first-order valence-corrected chi connectivity index (χ1v) is 6.55. The second kappa shape index (κ2) is 5.92. The van der Waals surface area contributed by atoms with Gasteiger partial charge in [-0.25, -0.2) is 4.98 Å². The van der Waals surface area contributed by atoms with E-state index in [1.807, 2.05) is 6.92 Å². The van der Waals surface area contributed by atoms with E-state index in [0.717, 1.165) is 0 Å². The molecule has 1 aromatic carbocycles. The van der Waals surface area contributed by atoms with Crippen molar-refractivity contribution >= 4 is 23.1 Å². The molecule has 0 fully saturated rings. The zero-order valence-corrected chi connectivity index (χ0v) is 12.2. The summed E-state index contributed by atoms with van der Waals surface area (Å²) in [7, 11) is 0. The van der Waals surface area contributed by atoms with E-state index in [-0.39, 0.29) is 28.2 Å². The molecule has 0 aliphatic carbocycles. The zero-order chi connectivity index (χ0) is 15.6. The normalized spacial score (nSPS) is 10.4. The summed E-state index contributed by atoms with van der Waals surface area (Å²) in [6.07, 6.45) is 0.561. The average molecular weight is 309 g/mol. The van der Waals surface area contributed by atoms with E-state index in [1.165, 1.54) is 18.2 Å². The number of rotatable bonds is 4. The van der Waals surface area contributed by atoms with Gasteiger partial charge in [-0.3, -0.25) is 10.1 Å². The number of nitro benzene ring substituents is 1. The van der Waals surface area contributed by atoms with Crippen molar-refractivity contribution in [3.63, 3.8) is 0 Å². The van der Waals surface area contributed by atoms with Crippen molar-refractivity contribution in [2.45, 2.75) is 20.3 Å². The monoisotopic (exact) mass is 308 g/mol. The Balaban J connectivity index is 2.53. The summed E-state index contributed by atoms with van der Waals surface area (Å²) in [5.74, 6) is 0.859. The van der Waals surface area contributed by atoms with E-state index >= 15 is 0 Å². The van der Waals surface area contributed by atoms with E-state index in [0.29, 0.717) is 17.8 Å². The van der Waals surface area contributed by atoms with Gasteiger partial charge in [0.05, 0.1) is 15.5 Å². The number of para-hydroxylation sites is 1.